The van der Waals surface area contributed by atoms with Gasteiger partial charge in [0.15, 0.2) is 5.13 Å². The maximum atomic E-state index is 13.1. The third kappa shape index (κ3) is 3.53. The number of thiazole rings is 1. The van der Waals surface area contributed by atoms with E-state index in [2.05, 4.69) is 11.1 Å². The molecule has 1 aromatic carbocycles. The van der Waals surface area contributed by atoms with Crippen LogP contribution >= 0.6 is 46.0 Å². The third-order valence-electron chi connectivity index (χ3n) is 3.74. The third-order valence-corrected chi connectivity index (χ3v) is 6.72. The normalized spacial score (nSPS) is 11.2. The van der Waals surface area contributed by atoms with Crippen molar-refractivity contribution in [2.24, 2.45) is 0 Å². The average Bonchev–Trinajstić information content (AvgIpc) is 3.38. The van der Waals surface area contributed by atoms with Crippen molar-refractivity contribution < 1.29 is 9.21 Å². The second-order valence-corrected chi connectivity index (χ2v) is 9.01. The molecule has 8 heteroatoms. The van der Waals surface area contributed by atoms with Crippen molar-refractivity contribution in [2.45, 2.75) is 11.4 Å². The molecule has 0 saturated carbocycles. The number of carbonyl (C=O) groups is 1. The van der Waals surface area contributed by atoms with E-state index in [9.17, 15) is 4.79 Å². The van der Waals surface area contributed by atoms with Crippen LogP contribution in [0.4, 0.5) is 5.13 Å². The number of halogens is 1. The highest BCUT2D eigenvalue weighted by Crippen LogP contribution is 2.34. The van der Waals surface area contributed by atoms with Crippen LogP contribution in [0.25, 0.3) is 10.2 Å². The van der Waals surface area contributed by atoms with Crippen LogP contribution in [0.2, 0.25) is 4.34 Å². The van der Waals surface area contributed by atoms with E-state index in [1.54, 1.807) is 35.1 Å². The van der Waals surface area contributed by atoms with E-state index in [1.165, 1.54) is 27.6 Å². The Morgan fingerprint density at radius 2 is 2.15 bits per heavy atom. The van der Waals surface area contributed by atoms with Crippen molar-refractivity contribution in [1.29, 1.82) is 0 Å². The molecule has 0 aliphatic rings. The van der Waals surface area contributed by atoms with Crippen LogP contribution in [0.1, 0.15) is 15.4 Å². The first-order chi connectivity index (χ1) is 12.6. The van der Waals surface area contributed by atoms with Gasteiger partial charge in [0.05, 0.1) is 32.2 Å². The van der Waals surface area contributed by atoms with Gasteiger partial charge >= 0.3 is 0 Å². The molecule has 26 heavy (non-hydrogen) atoms. The number of amides is 1. The number of rotatable bonds is 5. The lowest BCUT2D eigenvalue weighted by Crippen LogP contribution is -2.29. The highest BCUT2D eigenvalue weighted by atomic mass is 35.5. The van der Waals surface area contributed by atoms with Gasteiger partial charge in [-0.2, -0.15) is 0 Å². The molecule has 0 N–H and O–H groups in total. The van der Waals surface area contributed by atoms with Gasteiger partial charge in [-0.25, -0.2) is 4.98 Å². The molecule has 0 radical (unpaired) electrons. The molecule has 0 unspecified atom stereocenters. The predicted molar refractivity (Wildman–Crippen MR) is 110 cm³/mol. The lowest BCUT2D eigenvalue weighted by atomic mass is 10.3. The second kappa shape index (κ2) is 7.44. The Bertz CT molecular complexity index is 1060. The van der Waals surface area contributed by atoms with Gasteiger partial charge in [0.25, 0.3) is 5.91 Å². The molecule has 0 atom stereocenters. The Kier molecular flexibility index (Phi) is 5.04. The summed E-state index contributed by atoms with van der Waals surface area (Å²) in [4.78, 5) is 21.1. The molecule has 3 heterocycles. The molecule has 4 rings (SSSR count). The fourth-order valence-corrected chi connectivity index (χ4v) is 4.99. The highest BCUT2D eigenvalue weighted by molar-refractivity contribution is 7.98. The fourth-order valence-electron chi connectivity index (χ4n) is 2.48. The van der Waals surface area contributed by atoms with E-state index < -0.39 is 0 Å². The summed E-state index contributed by atoms with van der Waals surface area (Å²) in [7, 11) is 0. The first kappa shape index (κ1) is 17.6. The predicted octanol–water partition coefficient (Wildman–Crippen LogP) is 6.17. The number of thioether (sulfide) groups is 1. The average molecular weight is 421 g/mol. The van der Waals surface area contributed by atoms with E-state index in [0.717, 1.165) is 10.2 Å². The van der Waals surface area contributed by atoms with Gasteiger partial charge < -0.3 is 4.42 Å². The van der Waals surface area contributed by atoms with Crippen LogP contribution in [0.15, 0.2) is 58.0 Å². The number of nitrogens with zero attached hydrogens (tertiary/aromatic N) is 2. The van der Waals surface area contributed by atoms with Gasteiger partial charge in [-0.15, -0.1) is 23.1 Å². The summed E-state index contributed by atoms with van der Waals surface area (Å²) in [5, 5.41) is 0.643. The summed E-state index contributed by atoms with van der Waals surface area (Å²) < 4.78 is 7.08. The van der Waals surface area contributed by atoms with Crippen molar-refractivity contribution in [1.82, 2.24) is 4.98 Å². The fraction of sp³-hybridized carbons (Fsp3) is 0.111. The van der Waals surface area contributed by atoms with Crippen molar-refractivity contribution >= 4 is 67.3 Å². The Balaban J connectivity index is 1.75. The highest BCUT2D eigenvalue weighted by Gasteiger charge is 2.24. The van der Waals surface area contributed by atoms with Crippen LogP contribution in [0.5, 0.6) is 0 Å². The molecular formula is C18H13ClN2O2S3. The molecule has 0 aliphatic carbocycles. The van der Waals surface area contributed by atoms with Crippen molar-refractivity contribution in [3.63, 3.8) is 0 Å². The molecule has 0 saturated heterocycles. The number of hydrogen-bond donors (Lipinski definition) is 0. The number of hydrogen-bond acceptors (Lipinski definition) is 6. The minimum atomic E-state index is -0.137. The molecular weight excluding hydrogens is 408 g/mol. The summed E-state index contributed by atoms with van der Waals surface area (Å²) >= 11 is 10.4. The largest absolute Gasteiger partial charge is 0.467 e. The van der Waals surface area contributed by atoms with Crippen LogP contribution in [-0.4, -0.2) is 17.1 Å². The minimum Gasteiger partial charge on any atom is -0.467 e. The number of carbonyl (C=O) groups excluding carboxylic acids is 1. The Morgan fingerprint density at radius 1 is 1.27 bits per heavy atom. The maximum Gasteiger partial charge on any atom is 0.270 e. The number of anilines is 1. The van der Waals surface area contributed by atoms with Gasteiger partial charge in [-0.3, -0.25) is 9.69 Å². The molecule has 132 valence electrons. The van der Waals surface area contributed by atoms with E-state index in [0.29, 0.717) is 26.7 Å². The first-order valence-corrected chi connectivity index (χ1v) is 10.9. The van der Waals surface area contributed by atoms with Gasteiger partial charge in [-0.1, -0.05) is 22.9 Å². The quantitative estimate of drug-likeness (QED) is 0.362. The molecule has 0 bridgehead atoms. The number of furan rings is 1. The van der Waals surface area contributed by atoms with E-state index in [1.807, 2.05) is 30.5 Å². The SMILES string of the molecule is CSc1ccc2nc(N(Cc3ccco3)C(=O)c3ccc(Cl)s3)sc2c1. The number of benzene rings is 1. The molecule has 3 aromatic heterocycles. The molecule has 0 fully saturated rings. The summed E-state index contributed by atoms with van der Waals surface area (Å²) in [5.74, 6) is 0.563. The molecule has 0 spiro atoms. The zero-order valence-corrected chi connectivity index (χ0v) is 16.8. The molecule has 1 amide bonds. The smallest absolute Gasteiger partial charge is 0.270 e. The Labute approximate surface area is 167 Å². The van der Waals surface area contributed by atoms with Crippen LogP contribution in [-0.2, 0) is 6.54 Å². The Hall–Kier alpha value is -1.80. The lowest BCUT2D eigenvalue weighted by Gasteiger charge is -2.17. The van der Waals surface area contributed by atoms with Gasteiger partial charge in [0, 0.05) is 4.90 Å². The Morgan fingerprint density at radius 3 is 2.85 bits per heavy atom. The lowest BCUT2D eigenvalue weighted by molar-refractivity contribution is 0.0987. The van der Waals surface area contributed by atoms with E-state index in [4.69, 9.17) is 16.0 Å². The second-order valence-electron chi connectivity index (χ2n) is 5.40. The van der Waals surface area contributed by atoms with Crippen molar-refractivity contribution in [3.8, 4) is 0 Å². The van der Waals surface area contributed by atoms with E-state index in [-0.39, 0.29) is 5.91 Å². The van der Waals surface area contributed by atoms with Gasteiger partial charge in [0.2, 0.25) is 0 Å². The summed E-state index contributed by atoms with van der Waals surface area (Å²) in [6.45, 7) is 0.316. The van der Waals surface area contributed by atoms with Crippen LogP contribution in [0.3, 0.4) is 0 Å². The number of thiophene rings is 1. The minimum absolute atomic E-state index is 0.137. The summed E-state index contributed by atoms with van der Waals surface area (Å²) in [6.07, 6.45) is 3.64. The monoisotopic (exact) mass is 420 g/mol. The van der Waals surface area contributed by atoms with Crippen molar-refractivity contribution in [2.75, 3.05) is 11.2 Å². The zero-order chi connectivity index (χ0) is 18.1. The molecule has 4 aromatic rings. The van der Waals surface area contributed by atoms with Crippen molar-refractivity contribution in [3.05, 3.63) is 63.7 Å². The van der Waals surface area contributed by atoms with Crippen LogP contribution < -0.4 is 4.90 Å². The topological polar surface area (TPSA) is 46.3 Å². The standard InChI is InChI=1S/C18H13ClN2O2S3/c1-24-12-4-5-13-15(9-12)26-18(20-13)21(10-11-3-2-8-23-11)17(22)14-6-7-16(19)25-14/h2-9H,10H2,1H3. The van der Waals surface area contributed by atoms with Crippen LogP contribution in [0, 0.1) is 0 Å². The molecule has 4 nitrogen and oxygen atoms in total. The molecule has 0 aliphatic heterocycles. The summed E-state index contributed by atoms with van der Waals surface area (Å²) in [6, 6.07) is 13.2. The number of fused-ring (bicyclic) bond motifs is 1. The maximum absolute atomic E-state index is 13.1. The van der Waals surface area contributed by atoms with E-state index >= 15 is 0 Å². The van der Waals surface area contributed by atoms with Gasteiger partial charge in [0.1, 0.15) is 5.76 Å². The summed E-state index contributed by atoms with van der Waals surface area (Å²) in [5.41, 5.74) is 0.879. The zero-order valence-electron chi connectivity index (χ0n) is 13.6. The van der Waals surface area contributed by atoms with Gasteiger partial charge in [-0.05, 0) is 48.7 Å². The number of aromatic nitrogens is 1. The first-order valence-electron chi connectivity index (χ1n) is 7.68.